The maximum atomic E-state index is 13.3. The highest BCUT2D eigenvalue weighted by atomic mass is 35.5. The Balaban J connectivity index is 0.00000218. The van der Waals surface area contributed by atoms with Crippen LogP contribution in [0.5, 0.6) is 0 Å². The van der Waals surface area contributed by atoms with Gasteiger partial charge in [-0.15, -0.1) is 12.4 Å². The fourth-order valence-corrected chi connectivity index (χ4v) is 5.92. The van der Waals surface area contributed by atoms with Crippen LogP contribution >= 0.6 is 12.4 Å². The zero-order chi connectivity index (χ0) is 19.8. The molecule has 2 aromatic rings. The van der Waals surface area contributed by atoms with Crippen LogP contribution in [-0.2, 0) is 16.0 Å². The SMILES string of the molecule is CN(C(=O)Cc1cccc2occc12)C1CCC2(CCCO2)CC1N1CCCC1.Cl. The van der Waals surface area contributed by atoms with Crippen molar-refractivity contribution in [3.8, 4) is 0 Å². The maximum absolute atomic E-state index is 13.3. The fraction of sp³-hybridized carbons (Fsp3) is 0.625. The van der Waals surface area contributed by atoms with Crippen LogP contribution in [-0.4, -0.2) is 60.1 Å². The summed E-state index contributed by atoms with van der Waals surface area (Å²) in [7, 11) is 2.01. The molecule has 1 saturated carbocycles. The van der Waals surface area contributed by atoms with E-state index < -0.39 is 0 Å². The Morgan fingerprint density at radius 1 is 1.20 bits per heavy atom. The summed E-state index contributed by atoms with van der Waals surface area (Å²) in [6.45, 7) is 3.22. The molecule has 2 aliphatic heterocycles. The van der Waals surface area contributed by atoms with E-state index >= 15 is 0 Å². The van der Waals surface area contributed by atoms with Gasteiger partial charge in [-0.05, 0) is 75.7 Å². The molecule has 1 spiro atoms. The molecule has 2 saturated heterocycles. The van der Waals surface area contributed by atoms with Gasteiger partial charge in [-0.2, -0.15) is 0 Å². The van der Waals surface area contributed by atoms with E-state index in [-0.39, 0.29) is 30.0 Å². The third-order valence-corrected chi connectivity index (χ3v) is 7.53. The van der Waals surface area contributed by atoms with Crippen LogP contribution in [0.1, 0.15) is 50.5 Å². The molecule has 0 N–H and O–H groups in total. The minimum absolute atomic E-state index is 0. The van der Waals surface area contributed by atoms with E-state index in [9.17, 15) is 4.79 Å². The van der Waals surface area contributed by atoms with Crippen molar-refractivity contribution in [2.45, 2.75) is 69.1 Å². The van der Waals surface area contributed by atoms with Crippen LogP contribution in [0.25, 0.3) is 11.0 Å². The molecule has 3 fully saturated rings. The lowest BCUT2D eigenvalue weighted by Gasteiger charge is -2.48. The van der Waals surface area contributed by atoms with Crippen LogP contribution in [0.4, 0.5) is 0 Å². The molecular formula is C24H33ClN2O3. The van der Waals surface area contributed by atoms with Crippen molar-refractivity contribution in [3.63, 3.8) is 0 Å². The maximum Gasteiger partial charge on any atom is 0.227 e. The fourth-order valence-electron chi connectivity index (χ4n) is 5.92. The van der Waals surface area contributed by atoms with Crippen LogP contribution in [0, 0.1) is 0 Å². The molecule has 5 rings (SSSR count). The summed E-state index contributed by atoms with van der Waals surface area (Å²) >= 11 is 0. The highest BCUT2D eigenvalue weighted by Crippen LogP contribution is 2.43. The predicted octanol–water partition coefficient (Wildman–Crippen LogP) is 4.42. The van der Waals surface area contributed by atoms with E-state index in [1.54, 1.807) is 6.26 Å². The Morgan fingerprint density at radius 3 is 2.80 bits per heavy atom. The van der Waals surface area contributed by atoms with Gasteiger partial charge in [0.05, 0.1) is 18.3 Å². The van der Waals surface area contributed by atoms with Crippen molar-refractivity contribution in [1.82, 2.24) is 9.80 Å². The third kappa shape index (κ3) is 4.00. The second kappa shape index (κ2) is 8.89. The lowest BCUT2D eigenvalue weighted by Crippen LogP contribution is -2.58. The standard InChI is InChI=1S/C24H32N2O3.ClH/c1-25(23(27)16-18-6-4-7-22-19(18)9-15-28-22)20-8-11-24(10-5-14-29-24)17-21(20)26-12-2-3-13-26;/h4,6-7,9,15,20-21H,2-3,5,8,10-14,16-17H2,1H3;1H. The van der Waals surface area contributed by atoms with Crippen molar-refractivity contribution in [3.05, 3.63) is 36.1 Å². The Bertz CT molecular complexity index is 870. The molecule has 3 heterocycles. The monoisotopic (exact) mass is 432 g/mol. The summed E-state index contributed by atoms with van der Waals surface area (Å²) in [5.41, 5.74) is 1.97. The Labute approximate surface area is 185 Å². The number of benzene rings is 1. The van der Waals surface area contributed by atoms with Crippen LogP contribution in [0.3, 0.4) is 0 Å². The van der Waals surface area contributed by atoms with E-state index in [0.717, 1.165) is 55.5 Å². The number of ether oxygens (including phenoxy) is 1. The van der Waals surface area contributed by atoms with Crippen LogP contribution < -0.4 is 0 Å². The van der Waals surface area contributed by atoms with Crippen molar-refractivity contribution in [2.75, 3.05) is 26.7 Å². The minimum atomic E-state index is 0. The number of carbonyl (C=O) groups is 1. The number of fused-ring (bicyclic) bond motifs is 1. The first-order valence-corrected chi connectivity index (χ1v) is 11.2. The first kappa shape index (κ1) is 21.7. The van der Waals surface area contributed by atoms with Crippen LogP contribution in [0.2, 0.25) is 0 Å². The van der Waals surface area contributed by atoms with E-state index in [1.807, 2.05) is 36.2 Å². The highest BCUT2D eigenvalue weighted by Gasteiger charge is 2.47. The molecule has 1 amide bonds. The molecule has 3 unspecified atom stereocenters. The molecule has 3 atom stereocenters. The Morgan fingerprint density at radius 2 is 2.03 bits per heavy atom. The summed E-state index contributed by atoms with van der Waals surface area (Å²) in [6, 6.07) is 8.64. The molecule has 0 bridgehead atoms. The average Bonchev–Trinajstić information content (AvgIpc) is 3.49. The summed E-state index contributed by atoms with van der Waals surface area (Å²) in [5, 5.41) is 1.05. The highest BCUT2D eigenvalue weighted by molar-refractivity contribution is 5.87. The van der Waals surface area contributed by atoms with E-state index in [4.69, 9.17) is 9.15 Å². The summed E-state index contributed by atoms with van der Waals surface area (Å²) in [4.78, 5) is 18.0. The van der Waals surface area contributed by atoms with Gasteiger partial charge in [-0.1, -0.05) is 12.1 Å². The van der Waals surface area contributed by atoms with Crippen molar-refractivity contribution < 1.29 is 13.9 Å². The number of furan rings is 1. The van der Waals surface area contributed by atoms with E-state index in [0.29, 0.717) is 12.5 Å². The first-order valence-electron chi connectivity index (χ1n) is 11.2. The second-order valence-electron chi connectivity index (χ2n) is 9.19. The predicted molar refractivity (Wildman–Crippen MR) is 120 cm³/mol. The molecule has 0 radical (unpaired) electrons. The summed E-state index contributed by atoms with van der Waals surface area (Å²) < 4.78 is 11.8. The van der Waals surface area contributed by atoms with Gasteiger partial charge >= 0.3 is 0 Å². The summed E-state index contributed by atoms with van der Waals surface area (Å²) in [5.74, 6) is 0.205. The van der Waals surface area contributed by atoms with Gasteiger partial charge in [0.15, 0.2) is 0 Å². The lowest BCUT2D eigenvalue weighted by atomic mass is 9.76. The molecule has 1 aromatic heterocycles. The van der Waals surface area contributed by atoms with Gasteiger partial charge in [0.1, 0.15) is 5.58 Å². The number of likely N-dealkylation sites (tertiary alicyclic amines) is 1. The van der Waals surface area contributed by atoms with Gasteiger partial charge in [0.25, 0.3) is 0 Å². The number of likely N-dealkylation sites (N-methyl/N-ethyl adjacent to an activating group) is 1. The molecule has 3 aliphatic rings. The first-order chi connectivity index (χ1) is 14.2. The molecule has 5 nitrogen and oxygen atoms in total. The number of carbonyl (C=O) groups excluding carboxylic acids is 1. The van der Waals surface area contributed by atoms with Crippen molar-refractivity contribution >= 4 is 29.3 Å². The Kier molecular flexibility index (Phi) is 6.42. The topological polar surface area (TPSA) is 45.9 Å². The summed E-state index contributed by atoms with van der Waals surface area (Å²) in [6.07, 6.45) is 10.2. The van der Waals surface area contributed by atoms with Gasteiger partial charge < -0.3 is 14.1 Å². The molecule has 6 heteroatoms. The number of halogens is 1. The van der Waals surface area contributed by atoms with Gasteiger partial charge in [0, 0.05) is 31.1 Å². The largest absolute Gasteiger partial charge is 0.464 e. The van der Waals surface area contributed by atoms with E-state index in [1.165, 1.54) is 25.7 Å². The van der Waals surface area contributed by atoms with Crippen molar-refractivity contribution in [2.24, 2.45) is 0 Å². The van der Waals surface area contributed by atoms with Gasteiger partial charge in [0.2, 0.25) is 5.91 Å². The lowest BCUT2D eigenvalue weighted by molar-refractivity contribution is -0.136. The normalized spacial score (nSPS) is 29.4. The van der Waals surface area contributed by atoms with Gasteiger partial charge in [-0.25, -0.2) is 0 Å². The Hall–Kier alpha value is -1.56. The minimum Gasteiger partial charge on any atom is -0.464 e. The van der Waals surface area contributed by atoms with E-state index in [2.05, 4.69) is 4.90 Å². The number of hydrogen-bond donors (Lipinski definition) is 0. The zero-order valence-corrected chi connectivity index (χ0v) is 18.7. The van der Waals surface area contributed by atoms with Gasteiger partial charge in [-0.3, -0.25) is 9.69 Å². The van der Waals surface area contributed by atoms with Crippen LogP contribution in [0.15, 0.2) is 34.9 Å². The number of nitrogens with zero attached hydrogens (tertiary/aromatic N) is 2. The molecular weight excluding hydrogens is 400 g/mol. The molecule has 1 aromatic carbocycles. The quantitative estimate of drug-likeness (QED) is 0.717. The molecule has 1 aliphatic carbocycles. The molecule has 30 heavy (non-hydrogen) atoms. The molecule has 164 valence electrons. The average molecular weight is 433 g/mol. The number of amides is 1. The zero-order valence-electron chi connectivity index (χ0n) is 17.8. The number of rotatable bonds is 4. The van der Waals surface area contributed by atoms with Crippen molar-refractivity contribution in [1.29, 1.82) is 0 Å². The number of hydrogen-bond acceptors (Lipinski definition) is 4. The smallest absolute Gasteiger partial charge is 0.227 e. The second-order valence-corrected chi connectivity index (χ2v) is 9.19. The third-order valence-electron chi connectivity index (χ3n) is 7.53.